The summed E-state index contributed by atoms with van der Waals surface area (Å²) in [5.41, 5.74) is 8.95. The highest BCUT2D eigenvalue weighted by molar-refractivity contribution is 7.98. The predicted molar refractivity (Wildman–Crippen MR) is 125 cm³/mol. The minimum Gasteiger partial charge on any atom is -0.496 e. The van der Waals surface area contributed by atoms with Gasteiger partial charge in [0.15, 0.2) is 0 Å². The largest absolute Gasteiger partial charge is 0.496 e. The average Bonchev–Trinajstić information content (AvgIpc) is 2.81. The number of allylic oxidation sites excluding steroid dienone is 1. The smallest absolute Gasteiger partial charge is 0.259 e. The first-order valence-electron chi connectivity index (χ1n) is 10.1. The van der Waals surface area contributed by atoms with Crippen molar-refractivity contribution < 1.29 is 9.47 Å². The van der Waals surface area contributed by atoms with Crippen molar-refractivity contribution in [2.75, 3.05) is 13.4 Å². The number of methoxy groups -OCH3 is 1. The summed E-state index contributed by atoms with van der Waals surface area (Å²) in [6.45, 7) is 2.18. The number of nitrogens with zero attached hydrogens (tertiary/aromatic N) is 2. The van der Waals surface area contributed by atoms with Crippen LogP contribution in [0.3, 0.4) is 0 Å². The van der Waals surface area contributed by atoms with Crippen LogP contribution < -0.4 is 20.8 Å². The van der Waals surface area contributed by atoms with Gasteiger partial charge in [-0.05, 0) is 36.9 Å². The molecule has 2 heterocycles. The van der Waals surface area contributed by atoms with E-state index in [1.807, 2.05) is 61.7 Å². The molecule has 7 heteroatoms. The van der Waals surface area contributed by atoms with Crippen molar-refractivity contribution in [3.63, 3.8) is 0 Å². The van der Waals surface area contributed by atoms with Gasteiger partial charge in [0, 0.05) is 22.2 Å². The van der Waals surface area contributed by atoms with Gasteiger partial charge in [0.25, 0.3) is 5.56 Å². The van der Waals surface area contributed by atoms with Crippen molar-refractivity contribution in [1.29, 1.82) is 5.26 Å². The fourth-order valence-corrected chi connectivity index (χ4v) is 4.42. The van der Waals surface area contributed by atoms with Crippen molar-refractivity contribution in [2.45, 2.75) is 24.3 Å². The van der Waals surface area contributed by atoms with Crippen molar-refractivity contribution in [3.8, 4) is 17.6 Å². The Bertz CT molecular complexity index is 1300. The first-order chi connectivity index (χ1) is 15.5. The summed E-state index contributed by atoms with van der Waals surface area (Å²) in [4.78, 5) is 14.9. The molecule has 4 rings (SSSR count). The molecule has 0 saturated heterocycles. The molecule has 1 aliphatic heterocycles. The molecule has 1 aromatic heterocycles. The van der Waals surface area contributed by atoms with Gasteiger partial charge in [0.2, 0.25) is 5.88 Å². The van der Waals surface area contributed by atoms with E-state index in [0.717, 1.165) is 21.7 Å². The number of fused-ring (bicyclic) bond motifs is 1. The average molecular weight is 446 g/mol. The van der Waals surface area contributed by atoms with Gasteiger partial charge < -0.3 is 19.8 Å². The summed E-state index contributed by atoms with van der Waals surface area (Å²) < 4.78 is 12.9. The second-order valence-electron chi connectivity index (χ2n) is 7.46. The number of nitrogens with two attached hydrogens (primary N) is 1. The molecule has 3 aromatic rings. The van der Waals surface area contributed by atoms with Crippen LogP contribution in [0.4, 0.5) is 0 Å². The highest BCUT2D eigenvalue weighted by Gasteiger charge is 2.34. The van der Waals surface area contributed by atoms with E-state index in [9.17, 15) is 10.1 Å². The molecule has 162 valence electrons. The minimum absolute atomic E-state index is 0.0280. The number of rotatable bonds is 5. The normalized spacial score (nSPS) is 15.0. The Morgan fingerprint density at radius 3 is 2.59 bits per heavy atom. The molecular formula is C25H23N3O3S. The third-order valence-corrected chi connectivity index (χ3v) is 6.40. The molecule has 0 radical (unpaired) electrons. The van der Waals surface area contributed by atoms with E-state index in [1.54, 1.807) is 29.5 Å². The summed E-state index contributed by atoms with van der Waals surface area (Å²) in [5, 5.41) is 9.84. The van der Waals surface area contributed by atoms with Crippen LogP contribution in [0.5, 0.6) is 11.5 Å². The van der Waals surface area contributed by atoms with E-state index in [1.165, 1.54) is 0 Å². The van der Waals surface area contributed by atoms with E-state index in [2.05, 4.69) is 6.07 Å². The number of aryl methyl sites for hydroxylation is 1. The molecule has 1 unspecified atom stereocenters. The van der Waals surface area contributed by atoms with Gasteiger partial charge in [-0.1, -0.05) is 30.3 Å². The predicted octanol–water partition coefficient (Wildman–Crippen LogP) is 4.15. The fraction of sp³-hybridized carbons (Fsp3) is 0.200. The minimum atomic E-state index is -0.600. The summed E-state index contributed by atoms with van der Waals surface area (Å²) >= 11 is 1.63. The third-order valence-electron chi connectivity index (χ3n) is 5.66. The zero-order valence-electron chi connectivity index (χ0n) is 18.1. The number of thioether (sulfide) groups is 1. The number of nitriles is 1. The van der Waals surface area contributed by atoms with Crippen LogP contribution in [0.2, 0.25) is 0 Å². The van der Waals surface area contributed by atoms with Crippen LogP contribution in [0.15, 0.2) is 75.7 Å². The molecule has 0 aliphatic carbocycles. The summed E-state index contributed by atoms with van der Waals surface area (Å²) in [7, 11) is 1.61. The standard InChI is InChI=1S/C25H23N3O3S/c1-15-12-21-23(25(29)28(15)14-17-6-4-5-7-20(17)30-2)22(19(13-26)24(27)31-21)16-8-10-18(32-3)11-9-16/h4-12,22H,14,27H2,1-3H3. The number of ether oxygens (including phenoxy) is 2. The first kappa shape index (κ1) is 21.6. The van der Waals surface area contributed by atoms with E-state index >= 15 is 0 Å². The van der Waals surface area contributed by atoms with Crippen LogP contribution in [0, 0.1) is 18.3 Å². The number of para-hydroxylation sites is 1. The maximum Gasteiger partial charge on any atom is 0.259 e. The highest BCUT2D eigenvalue weighted by Crippen LogP contribution is 2.41. The Labute approximate surface area is 190 Å². The quantitative estimate of drug-likeness (QED) is 0.593. The lowest BCUT2D eigenvalue weighted by Gasteiger charge is -2.27. The molecule has 0 spiro atoms. The second-order valence-corrected chi connectivity index (χ2v) is 8.34. The third kappa shape index (κ3) is 3.74. The lowest BCUT2D eigenvalue weighted by Crippen LogP contribution is -2.33. The number of hydrogen-bond acceptors (Lipinski definition) is 6. The monoisotopic (exact) mass is 445 g/mol. The van der Waals surface area contributed by atoms with Crippen molar-refractivity contribution in [2.24, 2.45) is 5.73 Å². The number of hydrogen-bond donors (Lipinski definition) is 1. The zero-order valence-corrected chi connectivity index (χ0v) is 18.9. The zero-order chi connectivity index (χ0) is 22.8. The molecular weight excluding hydrogens is 422 g/mol. The first-order valence-corrected chi connectivity index (χ1v) is 11.3. The van der Waals surface area contributed by atoms with E-state index in [4.69, 9.17) is 15.2 Å². The SMILES string of the molecule is COc1ccccc1Cn1c(C)cc2c(c1=O)C(c1ccc(SC)cc1)C(C#N)=C(N)O2. The molecule has 1 aliphatic rings. The summed E-state index contributed by atoms with van der Waals surface area (Å²) in [6, 6.07) is 19.4. The fourth-order valence-electron chi connectivity index (χ4n) is 4.02. The topological polar surface area (TPSA) is 90.3 Å². The van der Waals surface area contributed by atoms with E-state index in [-0.39, 0.29) is 17.0 Å². The maximum absolute atomic E-state index is 13.8. The van der Waals surface area contributed by atoms with Crippen LogP contribution in [0.25, 0.3) is 0 Å². The summed E-state index contributed by atoms with van der Waals surface area (Å²) in [6.07, 6.45) is 2.00. The number of aromatic nitrogens is 1. The van der Waals surface area contributed by atoms with Crippen LogP contribution in [-0.4, -0.2) is 17.9 Å². The highest BCUT2D eigenvalue weighted by atomic mass is 32.2. The Kier molecular flexibility index (Phi) is 5.97. The summed E-state index contributed by atoms with van der Waals surface area (Å²) in [5.74, 6) is 0.523. The molecule has 2 N–H and O–H groups in total. The molecule has 0 fully saturated rings. The van der Waals surface area contributed by atoms with Crippen LogP contribution >= 0.6 is 11.8 Å². The van der Waals surface area contributed by atoms with Gasteiger partial charge in [0.1, 0.15) is 23.1 Å². The molecule has 0 saturated carbocycles. The lowest BCUT2D eigenvalue weighted by molar-refractivity contribution is 0.388. The molecule has 2 aromatic carbocycles. The maximum atomic E-state index is 13.8. The Balaban J connectivity index is 1.90. The Hall–Kier alpha value is -3.63. The molecule has 1 atom stereocenters. The van der Waals surface area contributed by atoms with Crippen molar-refractivity contribution >= 4 is 11.8 Å². The van der Waals surface area contributed by atoms with Crippen molar-refractivity contribution in [3.05, 3.63) is 98.8 Å². The molecule has 0 bridgehead atoms. The van der Waals surface area contributed by atoms with Crippen LogP contribution in [-0.2, 0) is 6.54 Å². The number of benzene rings is 2. The lowest BCUT2D eigenvalue weighted by atomic mass is 9.84. The molecule has 32 heavy (non-hydrogen) atoms. The van der Waals surface area contributed by atoms with Crippen molar-refractivity contribution in [1.82, 2.24) is 4.57 Å². The van der Waals surface area contributed by atoms with Gasteiger partial charge in [-0.2, -0.15) is 5.26 Å². The molecule has 6 nitrogen and oxygen atoms in total. The Morgan fingerprint density at radius 2 is 1.94 bits per heavy atom. The van der Waals surface area contributed by atoms with Gasteiger partial charge in [-0.25, -0.2) is 0 Å². The number of pyridine rings is 1. The second kappa shape index (κ2) is 8.85. The van der Waals surface area contributed by atoms with E-state index < -0.39 is 5.92 Å². The molecule has 0 amide bonds. The van der Waals surface area contributed by atoms with Gasteiger partial charge in [0.05, 0.1) is 25.1 Å². The van der Waals surface area contributed by atoms with E-state index in [0.29, 0.717) is 23.6 Å². The van der Waals surface area contributed by atoms with Gasteiger partial charge in [-0.15, -0.1) is 11.8 Å². The van der Waals surface area contributed by atoms with Gasteiger partial charge in [-0.3, -0.25) is 4.79 Å². The van der Waals surface area contributed by atoms with Crippen LogP contribution in [0.1, 0.15) is 28.3 Å². The van der Waals surface area contributed by atoms with Gasteiger partial charge >= 0.3 is 0 Å². The Morgan fingerprint density at radius 1 is 1.22 bits per heavy atom.